The molecule has 0 amide bonds. The Balaban J connectivity index is 2.13. The Morgan fingerprint density at radius 1 is 1.22 bits per heavy atom. The lowest BCUT2D eigenvalue weighted by Crippen LogP contribution is -2.08. The first-order chi connectivity index (χ1) is 13.0. The molecule has 0 atom stereocenters. The van der Waals surface area contributed by atoms with Crippen LogP contribution in [0.15, 0.2) is 35.9 Å². The first-order valence-corrected chi connectivity index (χ1v) is 8.80. The molecule has 0 radical (unpaired) electrons. The van der Waals surface area contributed by atoms with Crippen LogP contribution in [0.1, 0.15) is 37.4 Å². The van der Waals surface area contributed by atoms with Gasteiger partial charge in [-0.1, -0.05) is 25.5 Å². The largest absolute Gasteiger partial charge is 0.498 e. The molecule has 1 aromatic carbocycles. The van der Waals surface area contributed by atoms with E-state index < -0.39 is 24.2 Å². The van der Waals surface area contributed by atoms with Gasteiger partial charge in [0.05, 0.1) is 13.7 Å². The van der Waals surface area contributed by atoms with Crippen molar-refractivity contribution in [3.63, 3.8) is 0 Å². The summed E-state index contributed by atoms with van der Waals surface area (Å²) in [4.78, 5) is 4.12. The van der Waals surface area contributed by atoms with Crippen LogP contribution in [0, 0.1) is 11.8 Å². The number of aliphatic hydroxyl groups excluding tert-OH is 1. The van der Waals surface area contributed by atoms with Crippen molar-refractivity contribution >= 4 is 5.70 Å². The molecule has 144 valence electrons. The molecule has 0 fully saturated rings. The predicted octanol–water partition coefficient (Wildman–Crippen LogP) is 4.74. The van der Waals surface area contributed by atoms with E-state index in [9.17, 15) is 18.3 Å². The van der Waals surface area contributed by atoms with E-state index in [-0.39, 0.29) is 23.7 Å². The van der Waals surface area contributed by atoms with Crippen LogP contribution in [0.2, 0.25) is 0 Å². The lowest BCUT2D eigenvalue weighted by atomic mass is 10.1. The van der Waals surface area contributed by atoms with Gasteiger partial charge in [-0.2, -0.15) is 4.39 Å². The highest BCUT2D eigenvalue weighted by atomic mass is 19.1. The lowest BCUT2D eigenvalue weighted by Gasteiger charge is -2.18. The second-order valence-corrected chi connectivity index (χ2v) is 6.33. The highest BCUT2D eigenvalue weighted by molar-refractivity contribution is 5.65. The van der Waals surface area contributed by atoms with E-state index in [1.165, 1.54) is 19.3 Å². The van der Waals surface area contributed by atoms with Crippen LogP contribution in [0.3, 0.4) is 0 Å². The van der Waals surface area contributed by atoms with Crippen LogP contribution >= 0.6 is 0 Å². The van der Waals surface area contributed by atoms with E-state index in [1.54, 1.807) is 12.1 Å². The summed E-state index contributed by atoms with van der Waals surface area (Å²) < 4.78 is 49.4. The Morgan fingerprint density at radius 3 is 2.59 bits per heavy atom. The molecule has 1 aliphatic rings. The van der Waals surface area contributed by atoms with Crippen molar-refractivity contribution in [3.8, 4) is 11.4 Å². The van der Waals surface area contributed by atoms with Crippen LogP contribution in [0.4, 0.5) is 13.2 Å². The molecule has 3 rings (SSSR count). The molecule has 2 aromatic rings. The highest BCUT2D eigenvalue weighted by Gasteiger charge is 2.24. The lowest BCUT2D eigenvalue weighted by molar-refractivity contribution is 0.261. The number of hydrogen-bond donors (Lipinski definition) is 1. The van der Waals surface area contributed by atoms with E-state index >= 15 is 0 Å². The third kappa shape index (κ3) is 3.64. The third-order valence-electron chi connectivity index (χ3n) is 4.57. The van der Waals surface area contributed by atoms with Crippen molar-refractivity contribution in [2.75, 3.05) is 7.11 Å². The number of allylic oxidation sites excluding steroid dienone is 4. The van der Waals surface area contributed by atoms with Gasteiger partial charge in [0.15, 0.2) is 5.83 Å². The summed E-state index contributed by atoms with van der Waals surface area (Å²) in [6.07, 6.45) is 3.16. The topological polar surface area (TPSA) is 47.3 Å². The zero-order valence-corrected chi connectivity index (χ0v) is 15.2. The van der Waals surface area contributed by atoms with Gasteiger partial charge in [0, 0.05) is 17.7 Å². The highest BCUT2D eigenvalue weighted by Crippen LogP contribution is 2.33. The maximum absolute atomic E-state index is 14.8. The number of imidazole rings is 1. The number of benzene rings is 1. The van der Waals surface area contributed by atoms with E-state index in [0.717, 1.165) is 11.0 Å². The first kappa shape index (κ1) is 19.2. The van der Waals surface area contributed by atoms with Gasteiger partial charge in [-0.3, -0.25) is 4.57 Å². The van der Waals surface area contributed by atoms with E-state index in [2.05, 4.69) is 4.98 Å². The van der Waals surface area contributed by atoms with Gasteiger partial charge < -0.3 is 9.84 Å². The molecule has 7 heteroatoms. The molecule has 1 aromatic heterocycles. The van der Waals surface area contributed by atoms with Crippen molar-refractivity contribution in [3.05, 3.63) is 58.9 Å². The molecule has 0 aliphatic heterocycles. The fourth-order valence-corrected chi connectivity index (χ4v) is 3.20. The minimum Gasteiger partial charge on any atom is -0.498 e. The van der Waals surface area contributed by atoms with Gasteiger partial charge in [-0.25, -0.2) is 13.8 Å². The van der Waals surface area contributed by atoms with Crippen LogP contribution < -0.4 is 0 Å². The Kier molecular flexibility index (Phi) is 5.70. The first-order valence-electron chi connectivity index (χ1n) is 8.80. The molecule has 1 aliphatic carbocycles. The molecule has 27 heavy (non-hydrogen) atoms. The van der Waals surface area contributed by atoms with E-state index in [1.807, 2.05) is 6.92 Å². The summed E-state index contributed by atoms with van der Waals surface area (Å²) in [5.74, 6) is -1.46. The van der Waals surface area contributed by atoms with E-state index in [0.29, 0.717) is 29.7 Å². The van der Waals surface area contributed by atoms with Crippen LogP contribution in [0.5, 0.6) is 0 Å². The number of rotatable bonds is 6. The van der Waals surface area contributed by atoms with Crippen molar-refractivity contribution < 1.29 is 23.0 Å². The van der Waals surface area contributed by atoms with Gasteiger partial charge in [0.2, 0.25) is 5.95 Å². The SMILES string of the molecule is CCCc1ccc(-c2nc(CO)c(F)n2C2=CC(F)=C(OC)CC2)cc1F. The zero-order valence-electron chi connectivity index (χ0n) is 15.2. The number of hydrogen-bond acceptors (Lipinski definition) is 3. The Morgan fingerprint density at radius 2 is 2.00 bits per heavy atom. The monoisotopic (exact) mass is 378 g/mol. The van der Waals surface area contributed by atoms with E-state index in [4.69, 9.17) is 4.74 Å². The number of ether oxygens (including phenoxy) is 1. The van der Waals surface area contributed by atoms with Crippen molar-refractivity contribution in [1.29, 1.82) is 0 Å². The summed E-state index contributed by atoms with van der Waals surface area (Å²) in [5, 5.41) is 9.39. The van der Waals surface area contributed by atoms with Crippen molar-refractivity contribution in [2.45, 2.75) is 39.2 Å². The third-order valence-corrected chi connectivity index (χ3v) is 4.57. The maximum atomic E-state index is 14.8. The summed E-state index contributed by atoms with van der Waals surface area (Å²) in [5.41, 5.74) is 1.07. The average Bonchev–Trinajstić information content (AvgIpc) is 3.00. The number of halogens is 3. The summed E-state index contributed by atoms with van der Waals surface area (Å²) in [7, 11) is 1.38. The van der Waals surface area contributed by atoms with Crippen molar-refractivity contribution in [1.82, 2.24) is 9.55 Å². The number of aromatic nitrogens is 2. The zero-order chi connectivity index (χ0) is 19.6. The number of aryl methyl sites for hydroxylation is 1. The number of nitrogens with zero attached hydrogens (tertiary/aromatic N) is 2. The summed E-state index contributed by atoms with van der Waals surface area (Å²) in [6, 6.07) is 4.59. The molecule has 0 bridgehead atoms. The normalized spacial score (nSPS) is 14.5. The molecule has 0 saturated heterocycles. The quantitative estimate of drug-likeness (QED) is 0.790. The molecule has 4 nitrogen and oxygen atoms in total. The van der Waals surface area contributed by atoms with Crippen LogP contribution in [0.25, 0.3) is 17.1 Å². The molecular weight excluding hydrogens is 357 g/mol. The van der Waals surface area contributed by atoms with Gasteiger partial charge in [-0.15, -0.1) is 0 Å². The summed E-state index contributed by atoms with van der Waals surface area (Å²) >= 11 is 0. The van der Waals surface area contributed by atoms with Crippen LogP contribution in [-0.4, -0.2) is 21.8 Å². The minimum absolute atomic E-state index is 0.124. The number of aliphatic hydroxyl groups is 1. The summed E-state index contributed by atoms with van der Waals surface area (Å²) in [6.45, 7) is 1.34. The predicted molar refractivity (Wildman–Crippen MR) is 96.1 cm³/mol. The van der Waals surface area contributed by atoms with Crippen LogP contribution in [-0.2, 0) is 17.8 Å². The molecule has 1 N–H and O–H groups in total. The minimum atomic E-state index is -0.787. The maximum Gasteiger partial charge on any atom is 0.223 e. The average molecular weight is 378 g/mol. The molecule has 0 spiro atoms. The Labute approximate surface area is 155 Å². The van der Waals surface area contributed by atoms with Gasteiger partial charge in [0.1, 0.15) is 23.1 Å². The van der Waals surface area contributed by atoms with Gasteiger partial charge in [-0.05, 0) is 30.5 Å². The molecule has 0 saturated carbocycles. The smallest absolute Gasteiger partial charge is 0.223 e. The second kappa shape index (κ2) is 8.00. The fourth-order valence-electron chi connectivity index (χ4n) is 3.20. The molecule has 0 unspecified atom stereocenters. The molecule has 1 heterocycles. The fraction of sp³-hybridized carbons (Fsp3) is 0.350. The van der Waals surface area contributed by atoms with Gasteiger partial charge >= 0.3 is 0 Å². The number of methoxy groups -OCH3 is 1. The standard InChI is InChI=1S/C20H21F3N2O2/c1-3-4-12-5-6-13(9-15(12)21)20-24-17(11-26)19(23)25(20)14-7-8-18(27-2)16(22)10-14/h5-6,9-10,26H,3-4,7-8,11H2,1-2H3. The Bertz CT molecular complexity index is 916. The van der Waals surface area contributed by atoms with Crippen molar-refractivity contribution in [2.24, 2.45) is 0 Å². The Hall–Kier alpha value is -2.54. The van der Waals surface area contributed by atoms with Gasteiger partial charge in [0.25, 0.3) is 0 Å². The molecular formula is C20H21F3N2O2. The second-order valence-electron chi connectivity index (χ2n) is 6.33.